The zero-order chi connectivity index (χ0) is 18.4. The van der Waals surface area contributed by atoms with Crippen molar-refractivity contribution in [1.82, 2.24) is 5.32 Å². The molecule has 0 atom stereocenters. The van der Waals surface area contributed by atoms with Crippen LogP contribution in [-0.2, 0) is 22.6 Å². The molecule has 0 saturated carbocycles. The number of nitrogens with one attached hydrogen (secondary N) is 2. The first kappa shape index (κ1) is 18.4. The average Bonchev–Trinajstić information content (AvgIpc) is 2.64. The van der Waals surface area contributed by atoms with Gasteiger partial charge in [0.25, 0.3) is 0 Å². The van der Waals surface area contributed by atoms with Crippen molar-refractivity contribution in [3.05, 3.63) is 59.4 Å². The lowest BCUT2D eigenvalue weighted by Gasteiger charge is -2.29. The Morgan fingerprint density at radius 2 is 1.73 bits per heavy atom. The van der Waals surface area contributed by atoms with Gasteiger partial charge in [0.2, 0.25) is 5.91 Å². The third kappa shape index (κ3) is 5.03. The van der Waals surface area contributed by atoms with E-state index in [4.69, 9.17) is 4.74 Å². The van der Waals surface area contributed by atoms with Gasteiger partial charge in [0.05, 0.1) is 18.9 Å². The maximum atomic E-state index is 14.4. The number of amides is 1. The lowest BCUT2D eigenvalue weighted by molar-refractivity contribution is -0.114. The Morgan fingerprint density at radius 1 is 1.08 bits per heavy atom. The van der Waals surface area contributed by atoms with E-state index in [1.165, 1.54) is 6.92 Å². The fraction of sp³-hybridized carbons (Fsp3) is 0.350. The van der Waals surface area contributed by atoms with E-state index in [0.29, 0.717) is 32.0 Å². The summed E-state index contributed by atoms with van der Waals surface area (Å²) in [4.78, 5) is 13.0. The molecule has 2 aromatic carbocycles. The van der Waals surface area contributed by atoms with Crippen LogP contribution in [0.1, 0.15) is 18.1 Å². The fourth-order valence-electron chi connectivity index (χ4n) is 2.98. The molecule has 1 fully saturated rings. The number of benzene rings is 2. The highest BCUT2D eigenvalue weighted by atomic mass is 19.1. The van der Waals surface area contributed by atoms with Crippen LogP contribution in [0.5, 0.6) is 0 Å². The van der Waals surface area contributed by atoms with Crippen molar-refractivity contribution in [3.8, 4) is 0 Å². The summed E-state index contributed by atoms with van der Waals surface area (Å²) in [6.07, 6.45) is 0. The number of hydrogen-bond acceptors (Lipinski definition) is 4. The highest BCUT2D eigenvalue weighted by molar-refractivity contribution is 5.88. The Morgan fingerprint density at radius 3 is 2.38 bits per heavy atom. The highest BCUT2D eigenvalue weighted by Gasteiger charge is 2.15. The van der Waals surface area contributed by atoms with Gasteiger partial charge in [0.15, 0.2) is 0 Å². The maximum Gasteiger partial charge on any atom is 0.221 e. The molecule has 1 saturated heterocycles. The Balaban J connectivity index is 1.51. The zero-order valence-electron chi connectivity index (χ0n) is 14.9. The van der Waals surface area contributed by atoms with Crippen LogP contribution in [0.25, 0.3) is 0 Å². The summed E-state index contributed by atoms with van der Waals surface area (Å²) < 4.78 is 19.7. The normalized spacial score (nSPS) is 14.3. The van der Waals surface area contributed by atoms with Gasteiger partial charge in [0, 0.05) is 38.8 Å². The fourth-order valence-corrected chi connectivity index (χ4v) is 2.98. The third-order valence-corrected chi connectivity index (χ3v) is 4.30. The summed E-state index contributed by atoms with van der Waals surface area (Å²) in [6, 6.07) is 13.1. The number of carbonyl (C=O) groups is 1. The summed E-state index contributed by atoms with van der Waals surface area (Å²) >= 11 is 0. The van der Waals surface area contributed by atoms with Gasteiger partial charge < -0.3 is 20.3 Å². The van der Waals surface area contributed by atoms with E-state index in [2.05, 4.69) is 10.6 Å². The molecule has 0 radical (unpaired) electrons. The van der Waals surface area contributed by atoms with E-state index in [9.17, 15) is 9.18 Å². The molecular formula is C20H24FN3O2. The van der Waals surface area contributed by atoms with Crippen molar-refractivity contribution < 1.29 is 13.9 Å². The number of hydrogen-bond donors (Lipinski definition) is 2. The Kier molecular flexibility index (Phi) is 6.20. The van der Waals surface area contributed by atoms with Crippen molar-refractivity contribution in [1.29, 1.82) is 0 Å². The molecule has 1 amide bonds. The molecule has 1 aliphatic heterocycles. The molecule has 26 heavy (non-hydrogen) atoms. The van der Waals surface area contributed by atoms with E-state index in [-0.39, 0.29) is 11.7 Å². The number of anilines is 2. The maximum absolute atomic E-state index is 14.4. The van der Waals surface area contributed by atoms with E-state index in [1.807, 2.05) is 41.3 Å². The van der Waals surface area contributed by atoms with Crippen LogP contribution < -0.4 is 15.5 Å². The van der Waals surface area contributed by atoms with Crippen LogP contribution >= 0.6 is 0 Å². The van der Waals surface area contributed by atoms with Crippen molar-refractivity contribution >= 4 is 17.3 Å². The molecule has 0 aromatic heterocycles. The number of morpholine rings is 1. The molecule has 6 heteroatoms. The summed E-state index contributed by atoms with van der Waals surface area (Å²) in [6.45, 7) is 5.48. The molecule has 1 heterocycles. The molecule has 2 aromatic rings. The first-order valence-electron chi connectivity index (χ1n) is 8.80. The van der Waals surface area contributed by atoms with Crippen molar-refractivity contribution in [2.75, 3.05) is 36.5 Å². The van der Waals surface area contributed by atoms with Crippen molar-refractivity contribution in [2.24, 2.45) is 0 Å². The van der Waals surface area contributed by atoms with E-state index in [1.54, 1.807) is 6.07 Å². The van der Waals surface area contributed by atoms with Crippen LogP contribution in [0, 0.1) is 5.82 Å². The predicted octanol–water partition coefficient (Wildman–Crippen LogP) is 2.91. The molecule has 2 N–H and O–H groups in total. The minimum Gasteiger partial charge on any atom is -0.378 e. The smallest absolute Gasteiger partial charge is 0.221 e. The number of rotatable bonds is 6. The largest absolute Gasteiger partial charge is 0.378 e. The van der Waals surface area contributed by atoms with E-state index in [0.717, 1.165) is 29.9 Å². The van der Waals surface area contributed by atoms with Crippen LogP contribution in [-0.4, -0.2) is 32.2 Å². The quantitative estimate of drug-likeness (QED) is 0.835. The summed E-state index contributed by atoms with van der Waals surface area (Å²) in [5.41, 5.74) is 3.44. The van der Waals surface area contributed by atoms with E-state index >= 15 is 0 Å². The van der Waals surface area contributed by atoms with Crippen LogP contribution in [0.15, 0.2) is 42.5 Å². The minimum atomic E-state index is -0.189. The molecule has 0 spiro atoms. The number of halogens is 1. The first-order chi connectivity index (χ1) is 12.6. The van der Waals surface area contributed by atoms with Gasteiger partial charge in [-0.3, -0.25) is 4.79 Å². The van der Waals surface area contributed by atoms with Crippen molar-refractivity contribution in [2.45, 2.75) is 20.0 Å². The number of ether oxygens (including phenoxy) is 1. The van der Waals surface area contributed by atoms with Crippen LogP contribution in [0.3, 0.4) is 0 Å². The molecule has 138 valence electrons. The monoisotopic (exact) mass is 357 g/mol. The first-order valence-corrected chi connectivity index (χ1v) is 8.80. The molecule has 0 aliphatic carbocycles. The second-order valence-electron chi connectivity index (χ2n) is 6.37. The second-order valence-corrected chi connectivity index (χ2v) is 6.37. The average molecular weight is 357 g/mol. The summed E-state index contributed by atoms with van der Waals surface area (Å²) in [7, 11) is 0. The third-order valence-electron chi connectivity index (χ3n) is 4.30. The Bertz CT molecular complexity index is 743. The summed E-state index contributed by atoms with van der Waals surface area (Å²) in [5, 5.41) is 6.06. The minimum absolute atomic E-state index is 0.0848. The molecular weight excluding hydrogens is 333 g/mol. The predicted molar refractivity (Wildman–Crippen MR) is 101 cm³/mol. The molecule has 0 unspecified atom stereocenters. The topological polar surface area (TPSA) is 53.6 Å². The Labute approximate surface area is 153 Å². The second kappa shape index (κ2) is 8.78. The highest BCUT2D eigenvalue weighted by Crippen LogP contribution is 2.21. The SMILES string of the molecule is CC(=O)Nc1ccc(CNCc2ccc(N3CCOCC3)c(F)c2)cc1. The molecule has 3 rings (SSSR count). The van der Waals surface area contributed by atoms with Crippen LogP contribution in [0.4, 0.5) is 15.8 Å². The number of carbonyl (C=O) groups excluding carboxylic acids is 1. The summed E-state index contributed by atoms with van der Waals surface area (Å²) in [5.74, 6) is -0.274. The van der Waals surface area contributed by atoms with Gasteiger partial charge in [-0.25, -0.2) is 4.39 Å². The lowest BCUT2D eigenvalue weighted by atomic mass is 10.1. The lowest BCUT2D eigenvalue weighted by Crippen LogP contribution is -2.36. The Hall–Kier alpha value is -2.44. The van der Waals surface area contributed by atoms with Gasteiger partial charge in [-0.05, 0) is 35.4 Å². The van der Waals surface area contributed by atoms with Gasteiger partial charge in [0.1, 0.15) is 5.82 Å². The molecule has 0 bridgehead atoms. The van der Waals surface area contributed by atoms with Gasteiger partial charge >= 0.3 is 0 Å². The van der Waals surface area contributed by atoms with Gasteiger partial charge in [-0.1, -0.05) is 18.2 Å². The standard InChI is InChI=1S/C20H24FN3O2/c1-15(25)23-18-5-2-16(3-6-18)13-22-14-17-4-7-20(19(21)12-17)24-8-10-26-11-9-24/h2-7,12,22H,8-11,13-14H2,1H3,(H,23,25). The molecule has 5 nitrogen and oxygen atoms in total. The van der Waals surface area contributed by atoms with Crippen molar-refractivity contribution in [3.63, 3.8) is 0 Å². The molecule has 1 aliphatic rings. The number of nitrogens with zero attached hydrogens (tertiary/aromatic N) is 1. The van der Waals surface area contributed by atoms with Gasteiger partial charge in [-0.15, -0.1) is 0 Å². The van der Waals surface area contributed by atoms with Gasteiger partial charge in [-0.2, -0.15) is 0 Å². The van der Waals surface area contributed by atoms with Crippen LogP contribution in [0.2, 0.25) is 0 Å². The zero-order valence-corrected chi connectivity index (χ0v) is 14.9. The van der Waals surface area contributed by atoms with E-state index < -0.39 is 0 Å².